The van der Waals surface area contributed by atoms with Crippen molar-refractivity contribution in [2.45, 2.75) is 32.2 Å². The molecule has 4 nitrogen and oxygen atoms in total. The molecule has 1 aliphatic heterocycles. The number of nitrogens with two attached hydrogens (primary N) is 1. The van der Waals surface area contributed by atoms with Gasteiger partial charge in [-0.25, -0.2) is 9.97 Å². The largest absolute Gasteiger partial charge is 0.384 e. The van der Waals surface area contributed by atoms with Crippen molar-refractivity contribution in [3.05, 3.63) is 42.2 Å². The average molecular weight is 282 g/mol. The Balaban J connectivity index is 1.77. The molecule has 2 aromatic rings. The fourth-order valence-corrected chi connectivity index (χ4v) is 2.98. The van der Waals surface area contributed by atoms with E-state index in [1.807, 2.05) is 6.07 Å². The summed E-state index contributed by atoms with van der Waals surface area (Å²) >= 11 is 0. The van der Waals surface area contributed by atoms with E-state index in [0.29, 0.717) is 11.9 Å². The summed E-state index contributed by atoms with van der Waals surface area (Å²) in [7, 11) is 0. The Morgan fingerprint density at radius 1 is 1.05 bits per heavy atom. The minimum Gasteiger partial charge on any atom is -0.384 e. The minimum absolute atomic E-state index is 0.481. The Labute approximate surface area is 126 Å². The first-order valence-electron chi connectivity index (χ1n) is 7.66. The molecule has 3 rings (SSSR count). The smallest absolute Gasteiger partial charge is 0.127 e. The highest BCUT2D eigenvalue weighted by Crippen LogP contribution is 2.26. The van der Waals surface area contributed by atoms with E-state index in [1.54, 1.807) is 0 Å². The number of nitrogen functional groups attached to an aromatic ring is 1. The van der Waals surface area contributed by atoms with Crippen LogP contribution in [0.2, 0.25) is 0 Å². The third-order valence-corrected chi connectivity index (χ3v) is 4.32. The number of piperidine rings is 1. The highest BCUT2D eigenvalue weighted by Gasteiger charge is 2.17. The molecule has 2 heterocycles. The Bertz CT molecular complexity index is 588. The summed E-state index contributed by atoms with van der Waals surface area (Å²) in [6, 6.07) is 10.9. The number of hydrogen-bond acceptors (Lipinski definition) is 4. The molecule has 0 radical (unpaired) electrons. The van der Waals surface area contributed by atoms with E-state index in [0.717, 1.165) is 11.3 Å². The summed E-state index contributed by atoms with van der Waals surface area (Å²) in [6.07, 6.45) is 5.53. The highest BCUT2D eigenvalue weighted by atomic mass is 15.2. The van der Waals surface area contributed by atoms with Gasteiger partial charge in [0, 0.05) is 17.7 Å². The Morgan fingerprint density at radius 3 is 2.43 bits per heavy atom. The van der Waals surface area contributed by atoms with Gasteiger partial charge in [-0.3, -0.25) is 4.90 Å². The molecule has 110 valence electrons. The number of likely N-dealkylation sites (tertiary alicyclic amines) is 1. The molecule has 21 heavy (non-hydrogen) atoms. The zero-order valence-electron chi connectivity index (χ0n) is 12.5. The van der Waals surface area contributed by atoms with Crippen LogP contribution in [0.4, 0.5) is 5.82 Å². The summed E-state index contributed by atoms with van der Waals surface area (Å²) in [6.45, 7) is 4.72. The molecule has 1 aliphatic rings. The first-order chi connectivity index (χ1) is 10.2. The van der Waals surface area contributed by atoms with Crippen LogP contribution in [0.1, 0.15) is 37.8 Å². The molecule has 0 bridgehead atoms. The molecule has 1 aromatic heterocycles. The van der Waals surface area contributed by atoms with Gasteiger partial charge in [0.15, 0.2) is 0 Å². The van der Waals surface area contributed by atoms with Crippen molar-refractivity contribution in [2.24, 2.45) is 0 Å². The summed E-state index contributed by atoms with van der Waals surface area (Å²) < 4.78 is 0. The van der Waals surface area contributed by atoms with E-state index in [-0.39, 0.29) is 0 Å². The minimum atomic E-state index is 0.481. The second kappa shape index (κ2) is 6.22. The van der Waals surface area contributed by atoms with Gasteiger partial charge in [-0.05, 0) is 38.4 Å². The lowest BCUT2D eigenvalue weighted by Gasteiger charge is -2.32. The van der Waals surface area contributed by atoms with Crippen molar-refractivity contribution in [1.82, 2.24) is 14.9 Å². The van der Waals surface area contributed by atoms with Crippen molar-refractivity contribution >= 4 is 5.82 Å². The van der Waals surface area contributed by atoms with Crippen LogP contribution in [0.15, 0.2) is 36.7 Å². The van der Waals surface area contributed by atoms with Gasteiger partial charge in [-0.2, -0.15) is 0 Å². The molecule has 0 amide bonds. The summed E-state index contributed by atoms with van der Waals surface area (Å²) in [5, 5.41) is 0. The molecule has 2 N–H and O–H groups in total. The average Bonchev–Trinajstić information content (AvgIpc) is 2.55. The maximum atomic E-state index is 5.71. The molecule has 1 atom stereocenters. The Morgan fingerprint density at radius 2 is 1.76 bits per heavy atom. The zero-order chi connectivity index (χ0) is 14.7. The van der Waals surface area contributed by atoms with Crippen LogP contribution in [0.25, 0.3) is 11.3 Å². The van der Waals surface area contributed by atoms with E-state index in [2.05, 4.69) is 46.1 Å². The maximum absolute atomic E-state index is 5.71. The number of aromatic nitrogens is 2. The Kier molecular flexibility index (Phi) is 4.15. The Hall–Kier alpha value is -1.94. The molecular formula is C17H22N4. The van der Waals surface area contributed by atoms with E-state index in [9.17, 15) is 0 Å². The monoisotopic (exact) mass is 282 g/mol. The number of hydrogen-bond donors (Lipinski definition) is 1. The van der Waals surface area contributed by atoms with Gasteiger partial charge in [0.25, 0.3) is 0 Å². The summed E-state index contributed by atoms with van der Waals surface area (Å²) in [4.78, 5) is 10.8. The van der Waals surface area contributed by atoms with Crippen molar-refractivity contribution < 1.29 is 0 Å². The molecule has 1 saturated heterocycles. The van der Waals surface area contributed by atoms with Gasteiger partial charge >= 0.3 is 0 Å². The van der Waals surface area contributed by atoms with Crippen LogP contribution in [0, 0.1) is 0 Å². The van der Waals surface area contributed by atoms with Crippen molar-refractivity contribution in [3.63, 3.8) is 0 Å². The lowest BCUT2D eigenvalue weighted by molar-refractivity contribution is 0.175. The summed E-state index contributed by atoms with van der Waals surface area (Å²) in [5.74, 6) is 0.505. The normalized spacial score (nSPS) is 17.6. The summed E-state index contributed by atoms with van der Waals surface area (Å²) in [5.41, 5.74) is 9.03. The van der Waals surface area contributed by atoms with Crippen molar-refractivity contribution in [1.29, 1.82) is 0 Å². The fraction of sp³-hybridized carbons (Fsp3) is 0.412. The van der Waals surface area contributed by atoms with Crippen LogP contribution >= 0.6 is 0 Å². The third-order valence-electron chi connectivity index (χ3n) is 4.32. The lowest BCUT2D eigenvalue weighted by atomic mass is 10.0. The number of benzene rings is 1. The lowest BCUT2D eigenvalue weighted by Crippen LogP contribution is -2.32. The molecule has 0 unspecified atom stereocenters. The molecule has 0 aliphatic carbocycles. The van der Waals surface area contributed by atoms with E-state index in [4.69, 9.17) is 5.73 Å². The molecule has 0 saturated carbocycles. The fourth-order valence-electron chi connectivity index (χ4n) is 2.98. The quantitative estimate of drug-likeness (QED) is 0.938. The van der Waals surface area contributed by atoms with Gasteiger partial charge in [-0.15, -0.1) is 0 Å². The van der Waals surface area contributed by atoms with Crippen molar-refractivity contribution in [3.8, 4) is 11.3 Å². The standard InChI is InChI=1S/C17H22N4/c1-13(21-9-3-2-4-10-21)14-5-7-15(8-6-14)16-11-17(18)20-12-19-16/h5-8,11-13H,2-4,9-10H2,1H3,(H2,18,19,20)/t13-/m1/s1. The van der Waals surface area contributed by atoms with Crippen molar-refractivity contribution in [2.75, 3.05) is 18.8 Å². The van der Waals surface area contributed by atoms with Crippen LogP contribution in [-0.4, -0.2) is 28.0 Å². The van der Waals surface area contributed by atoms with Gasteiger partial charge in [0.1, 0.15) is 12.1 Å². The van der Waals surface area contributed by atoms with Gasteiger partial charge < -0.3 is 5.73 Å². The van der Waals surface area contributed by atoms with E-state index in [1.165, 1.54) is 44.2 Å². The molecule has 0 spiro atoms. The molecule has 4 heteroatoms. The first kappa shape index (κ1) is 14.0. The molecular weight excluding hydrogens is 260 g/mol. The van der Waals surface area contributed by atoms with Gasteiger partial charge in [0.2, 0.25) is 0 Å². The van der Waals surface area contributed by atoms with Gasteiger partial charge in [-0.1, -0.05) is 30.7 Å². The van der Waals surface area contributed by atoms with Crippen LogP contribution in [-0.2, 0) is 0 Å². The van der Waals surface area contributed by atoms with E-state index >= 15 is 0 Å². The third kappa shape index (κ3) is 3.22. The molecule has 1 aromatic carbocycles. The number of rotatable bonds is 3. The topological polar surface area (TPSA) is 55.0 Å². The maximum Gasteiger partial charge on any atom is 0.127 e. The SMILES string of the molecule is C[C@H](c1ccc(-c2cc(N)ncn2)cc1)N1CCCCC1. The second-order valence-electron chi connectivity index (χ2n) is 5.72. The number of nitrogens with zero attached hydrogens (tertiary/aromatic N) is 3. The van der Waals surface area contributed by atoms with E-state index < -0.39 is 0 Å². The first-order valence-corrected chi connectivity index (χ1v) is 7.66. The predicted molar refractivity (Wildman–Crippen MR) is 85.7 cm³/mol. The zero-order valence-corrected chi connectivity index (χ0v) is 12.5. The predicted octanol–water partition coefficient (Wildman–Crippen LogP) is 3.27. The van der Waals surface area contributed by atoms with Crippen LogP contribution in [0.3, 0.4) is 0 Å². The van der Waals surface area contributed by atoms with Gasteiger partial charge in [0.05, 0.1) is 5.69 Å². The molecule has 1 fully saturated rings. The number of anilines is 1. The highest BCUT2D eigenvalue weighted by molar-refractivity contribution is 5.61. The van der Waals surface area contributed by atoms with Crippen LogP contribution < -0.4 is 5.73 Å². The van der Waals surface area contributed by atoms with Crippen LogP contribution in [0.5, 0.6) is 0 Å². The second-order valence-corrected chi connectivity index (χ2v) is 5.72.